The molecule has 2 atom stereocenters. The van der Waals surface area contributed by atoms with Gasteiger partial charge in [0.05, 0.1) is 16.1 Å². The second-order valence-electron chi connectivity index (χ2n) is 5.02. The number of aliphatic hydroxyl groups excluding tert-OH is 1. The molecule has 2 rings (SSSR count). The van der Waals surface area contributed by atoms with Gasteiger partial charge in [0.2, 0.25) is 0 Å². The minimum absolute atomic E-state index is 0.104. The van der Waals surface area contributed by atoms with Crippen molar-refractivity contribution in [3.63, 3.8) is 0 Å². The molecule has 0 spiro atoms. The molecule has 0 bridgehead atoms. The highest BCUT2D eigenvalue weighted by molar-refractivity contribution is 7.98. The van der Waals surface area contributed by atoms with Gasteiger partial charge >= 0.3 is 0 Å². The average molecular weight is 356 g/mol. The number of likely N-dealkylation sites (N-methyl/N-ethyl adjacent to an activating group) is 1. The lowest BCUT2D eigenvalue weighted by Gasteiger charge is -2.25. The Hall–Kier alpha value is -0.710. The van der Waals surface area contributed by atoms with Gasteiger partial charge in [0, 0.05) is 17.4 Å². The molecule has 2 N–H and O–H groups in total. The van der Waals surface area contributed by atoms with E-state index in [1.54, 1.807) is 17.8 Å². The van der Waals surface area contributed by atoms with E-state index in [0.717, 1.165) is 16.0 Å². The van der Waals surface area contributed by atoms with Crippen LogP contribution in [0.4, 0.5) is 0 Å². The Balaban J connectivity index is 2.40. The maximum atomic E-state index is 10.9. The van der Waals surface area contributed by atoms with Gasteiger partial charge in [-0.2, -0.15) is 0 Å². The summed E-state index contributed by atoms with van der Waals surface area (Å²) in [5.41, 5.74) is 1.90. The molecule has 0 saturated heterocycles. The fourth-order valence-corrected chi connectivity index (χ4v) is 3.45. The van der Waals surface area contributed by atoms with Crippen molar-refractivity contribution < 1.29 is 5.11 Å². The molecule has 5 heteroatoms. The molecule has 0 amide bonds. The highest BCUT2D eigenvalue weighted by atomic mass is 35.5. The number of benzene rings is 2. The minimum Gasteiger partial charge on any atom is -0.388 e. The SMILES string of the molecule is CNCC(c1ccc(Cl)c(Cl)c1)[C@H](O)c1ccccc1SC. The van der Waals surface area contributed by atoms with Gasteiger partial charge in [-0.05, 0) is 42.6 Å². The number of rotatable bonds is 6. The van der Waals surface area contributed by atoms with E-state index < -0.39 is 6.10 Å². The van der Waals surface area contributed by atoms with Gasteiger partial charge in [0.15, 0.2) is 0 Å². The number of halogens is 2. The third-order valence-electron chi connectivity index (χ3n) is 3.63. The normalized spacial score (nSPS) is 13.9. The lowest BCUT2D eigenvalue weighted by atomic mass is 9.89. The third-order valence-corrected chi connectivity index (χ3v) is 5.19. The fourth-order valence-electron chi connectivity index (χ4n) is 2.50. The summed E-state index contributed by atoms with van der Waals surface area (Å²) in [6, 6.07) is 13.4. The van der Waals surface area contributed by atoms with Crippen LogP contribution in [-0.4, -0.2) is 25.0 Å². The van der Waals surface area contributed by atoms with Crippen LogP contribution in [-0.2, 0) is 0 Å². The zero-order valence-corrected chi connectivity index (χ0v) is 14.8. The van der Waals surface area contributed by atoms with Crippen molar-refractivity contribution in [3.8, 4) is 0 Å². The predicted octanol–water partition coefficient (Wildman–Crippen LogP) is 4.75. The molecule has 2 nitrogen and oxygen atoms in total. The summed E-state index contributed by atoms with van der Waals surface area (Å²) in [6.07, 6.45) is 1.39. The lowest BCUT2D eigenvalue weighted by Crippen LogP contribution is -2.23. The standard InChI is InChI=1S/C17H19Cl2NOS/c1-20-10-13(11-7-8-14(18)15(19)9-11)17(21)12-5-3-4-6-16(12)22-2/h3-9,13,17,20-21H,10H2,1-2H3/t13?,17-/m1/s1. The van der Waals surface area contributed by atoms with E-state index in [4.69, 9.17) is 23.2 Å². The van der Waals surface area contributed by atoms with Gasteiger partial charge in [-0.15, -0.1) is 11.8 Å². The van der Waals surface area contributed by atoms with Crippen LogP contribution < -0.4 is 5.32 Å². The van der Waals surface area contributed by atoms with Crippen LogP contribution in [0.15, 0.2) is 47.4 Å². The molecule has 0 aliphatic rings. The van der Waals surface area contributed by atoms with Crippen molar-refractivity contribution >= 4 is 35.0 Å². The van der Waals surface area contributed by atoms with Crippen LogP contribution in [0.1, 0.15) is 23.1 Å². The first-order valence-electron chi connectivity index (χ1n) is 6.99. The van der Waals surface area contributed by atoms with Crippen LogP contribution in [0, 0.1) is 0 Å². The summed E-state index contributed by atoms with van der Waals surface area (Å²) >= 11 is 13.8. The highest BCUT2D eigenvalue weighted by Gasteiger charge is 2.24. The molecule has 0 aliphatic heterocycles. The zero-order chi connectivity index (χ0) is 16.1. The quantitative estimate of drug-likeness (QED) is 0.733. The number of nitrogens with one attached hydrogen (secondary N) is 1. The molecule has 0 heterocycles. The maximum absolute atomic E-state index is 10.9. The first-order valence-corrected chi connectivity index (χ1v) is 8.97. The van der Waals surface area contributed by atoms with Gasteiger partial charge < -0.3 is 10.4 Å². The molecule has 0 aliphatic carbocycles. The van der Waals surface area contributed by atoms with Crippen molar-refractivity contribution in [2.45, 2.75) is 16.9 Å². The van der Waals surface area contributed by atoms with Crippen LogP contribution in [0.5, 0.6) is 0 Å². The van der Waals surface area contributed by atoms with E-state index >= 15 is 0 Å². The van der Waals surface area contributed by atoms with Gasteiger partial charge in [-0.3, -0.25) is 0 Å². The van der Waals surface area contributed by atoms with Crippen molar-refractivity contribution in [2.24, 2.45) is 0 Å². The first kappa shape index (κ1) is 17.6. The first-order chi connectivity index (χ1) is 10.6. The van der Waals surface area contributed by atoms with Crippen molar-refractivity contribution in [1.82, 2.24) is 5.32 Å². The fraction of sp³-hybridized carbons (Fsp3) is 0.294. The zero-order valence-electron chi connectivity index (χ0n) is 12.5. The molecule has 2 aromatic carbocycles. The summed E-state index contributed by atoms with van der Waals surface area (Å²) in [6.45, 7) is 0.641. The van der Waals surface area contributed by atoms with E-state index in [-0.39, 0.29) is 5.92 Å². The van der Waals surface area contributed by atoms with Crippen LogP contribution in [0.2, 0.25) is 10.0 Å². The lowest BCUT2D eigenvalue weighted by molar-refractivity contribution is 0.141. The number of hydrogen-bond acceptors (Lipinski definition) is 3. The predicted molar refractivity (Wildman–Crippen MR) is 96.3 cm³/mol. The Morgan fingerprint density at radius 3 is 2.50 bits per heavy atom. The van der Waals surface area contributed by atoms with E-state index in [0.29, 0.717) is 16.6 Å². The smallest absolute Gasteiger partial charge is 0.0881 e. The monoisotopic (exact) mass is 355 g/mol. The van der Waals surface area contributed by atoms with Crippen LogP contribution in [0.25, 0.3) is 0 Å². The molecule has 0 aromatic heterocycles. The molecular formula is C17H19Cl2NOS. The highest BCUT2D eigenvalue weighted by Crippen LogP contribution is 2.37. The van der Waals surface area contributed by atoms with Crippen LogP contribution in [0.3, 0.4) is 0 Å². The molecule has 0 radical (unpaired) electrons. The second kappa shape index (κ2) is 8.23. The Morgan fingerprint density at radius 2 is 1.86 bits per heavy atom. The van der Waals surface area contributed by atoms with E-state index in [2.05, 4.69) is 5.32 Å². The molecule has 2 aromatic rings. The Kier molecular flexibility index (Phi) is 6.60. The molecule has 0 saturated carbocycles. The van der Waals surface area contributed by atoms with Crippen molar-refractivity contribution in [3.05, 3.63) is 63.6 Å². The van der Waals surface area contributed by atoms with Crippen molar-refractivity contribution in [2.75, 3.05) is 19.8 Å². The van der Waals surface area contributed by atoms with E-state index in [1.807, 2.05) is 49.7 Å². The summed E-state index contributed by atoms with van der Waals surface area (Å²) < 4.78 is 0. The molecule has 0 fully saturated rings. The Labute approximate surface area is 145 Å². The van der Waals surface area contributed by atoms with E-state index in [1.165, 1.54) is 0 Å². The summed E-state index contributed by atoms with van der Waals surface area (Å²) in [7, 11) is 1.87. The number of aliphatic hydroxyl groups is 1. The van der Waals surface area contributed by atoms with Crippen LogP contribution >= 0.6 is 35.0 Å². The number of thioether (sulfide) groups is 1. The third kappa shape index (κ3) is 3.98. The van der Waals surface area contributed by atoms with Gasteiger partial charge in [-0.25, -0.2) is 0 Å². The Bertz CT molecular complexity index is 636. The van der Waals surface area contributed by atoms with Gasteiger partial charge in [0.25, 0.3) is 0 Å². The second-order valence-corrected chi connectivity index (χ2v) is 6.69. The summed E-state index contributed by atoms with van der Waals surface area (Å²) in [5, 5.41) is 15.1. The minimum atomic E-state index is -0.617. The van der Waals surface area contributed by atoms with Crippen molar-refractivity contribution in [1.29, 1.82) is 0 Å². The van der Waals surface area contributed by atoms with E-state index in [9.17, 15) is 5.11 Å². The molecule has 118 valence electrons. The average Bonchev–Trinajstić information content (AvgIpc) is 2.54. The van der Waals surface area contributed by atoms with Gasteiger partial charge in [-0.1, -0.05) is 47.5 Å². The maximum Gasteiger partial charge on any atom is 0.0881 e. The summed E-state index contributed by atoms with van der Waals surface area (Å²) in [5.74, 6) is -0.104. The largest absolute Gasteiger partial charge is 0.388 e. The molecular weight excluding hydrogens is 337 g/mol. The molecule has 1 unspecified atom stereocenters. The van der Waals surface area contributed by atoms with Gasteiger partial charge in [0.1, 0.15) is 0 Å². The Morgan fingerprint density at radius 1 is 1.14 bits per heavy atom. The topological polar surface area (TPSA) is 32.3 Å². The number of hydrogen-bond donors (Lipinski definition) is 2. The molecule has 22 heavy (non-hydrogen) atoms. The summed E-state index contributed by atoms with van der Waals surface area (Å²) in [4.78, 5) is 1.08.